The zero-order valence-corrected chi connectivity index (χ0v) is 19.8. The van der Waals surface area contributed by atoms with E-state index in [2.05, 4.69) is 42.2 Å². The molecule has 4 heterocycles. The third-order valence-electron chi connectivity index (χ3n) is 6.97. The second kappa shape index (κ2) is 9.06. The van der Waals surface area contributed by atoms with Crippen LogP contribution in [0.3, 0.4) is 0 Å². The highest BCUT2D eigenvalue weighted by Crippen LogP contribution is 2.35. The van der Waals surface area contributed by atoms with Crippen LogP contribution in [-0.2, 0) is 31.2 Å². The van der Waals surface area contributed by atoms with Crippen molar-refractivity contribution in [2.75, 3.05) is 18.0 Å². The third kappa shape index (κ3) is 4.42. The third-order valence-corrected chi connectivity index (χ3v) is 6.97. The Labute approximate surface area is 195 Å². The summed E-state index contributed by atoms with van der Waals surface area (Å²) in [6, 6.07) is 10.5. The van der Waals surface area contributed by atoms with Gasteiger partial charge in [-0.15, -0.1) is 0 Å². The minimum Gasteiger partial charge on any atom is -0.296 e. The van der Waals surface area contributed by atoms with E-state index in [0.717, 1.165) is 67.4 Å². The average molecular weight is 445 g/mol. The Morgan fingerprint density at radius 2 is 1.88 bits per heavy atom. The van der Waals surface area contributed by atoms with Gasteiger partial charge in [-0.3, -0.25) is 19.3 Å². The first-order valence-electron chi connectivity index (χ1n) is 11.9. The van der Waals surface area contributed by atoms with Crippen molar-refractivity contribution >= 4 is 11.7 Å². The molecule has 33 heavy (non-hydrogen) atoms. The van der Waals surface area contributed by atoms with Crippen LogP contribution in [0.4, 0.5) is 5.82 Å². The summed E-state index contributed by atoms with van der Waals surface area (Å²) < 4.78 is 1.88. The van der Waals surface area contributed by atoms with Crippen LogP contribution in [0.1, 0.15) is 59.2 Å². The number of likely N-dealkylation sites (tertiary alicyclic amines) is 1. The molecule has 1 fully saturated rings. The van der Waals surface area contributed by atoms with E-state index in [0.29, 0.717) is 13.0 Å². The number of fused-ring (bicyclic) bond motifs is 1. The molecule has 5 rings (SSSR count). The van der Waals surface area contributed by atoms with Crippen LogP contribution >= 0.6 is 0 Å². The number of anilines is 1. The summed E-state index contributed by atoms with van der Waals surface area (Å²) >= 11 is 0. The fourth-order valence-corrected chi connectivity index (χ4v) is 5.20. The maximum atomic E-state index is 12.9. The predicted octanol–water partition coefficient (Wildman–Crippen LogP) is 3.69. The molecule has 1 unspecified atom stereocenters. The molecular weight excluding hydrogens is 412 g/mol. The molecule has 172 valence electrons. The largest absolute Gasteiger partial charge is 0.296 e. The van der Waals surface area contributed by atoms with Gasteiger partial charge < -0.3 is 0 Å². The Bertz CT molecular complexity index is 1160. The fraction of sp³-hybridized carbons (Fsp3) is 0.462. The van der Waals surface area contributed by atoms with E-state index in [1.54, 1.807) is 0 Å². The lowest BCUT2D eigenvalue weighted by Gasteiger charge is -2.31. The summed E-state index contributed by atoms with van der Waals surface area (Å²) in [4.78, 5) is 27.3. The van der Waals surface area contributed by atoms with E-state index < -0.39 is 0 Å². The number of aryl methyl sites for hydroxylation is 3. The second-order valence-corrected chi connectivity index (χ2v) is 9.29. The number of aromatic nitrogens is 4. The molecule has 1 amide bonds. The molecule has 7 nitrogen and oxygen atoms in total. The van der Waals surface area contributed by atoms with Crippen molar-refractivity contribution < 1.29 is 4.79 Å². The lowest BCUT2D eigenvalue weighted by atomic mass is 10.0. The van der Waals surface area contributed by atoms with Crippen LogP contribution < -0.4 is 4.90 Å². The fourth-order valence-electron chi connectivity index (χ4n) is 5.20. The number of hydrogen-bond acceptors (Lipinski definition) is 5. The molecule has 0 radical (unpaired) electrons. The van der Waals surface area contributed by atoms with Gasteiger partial charge in [0, 0.05) is 49.6 Å². The van der Waals surface area contributed by atoms with Gasteiger partial charge in [-0.05, 0) is 51.6 Å². The molecule has 7 heteroatoms. The van der Waals surface area contributed by atoms with Crippen LogP contribution in [0, 0.1) is 13.8 Å². The minimum absolute atomic E-state index is 0.164. The number of carbonyl (C=O) groups is 1. The van der Waals surface area contributed by atoms with Crippen molar-refractivity contribution in [3.63, 3.8) is 0 Å². The van der Waals surface area contributed by atoms with E-state index in [1.807, 2.05) is 34.8 Å². The highest BCUT2D eigenvalue weighted by molar-refractivity contribution is 5.95. The van der Waals surface area contributed by atoms with Crippen molar-refractivity contribution in [2.24, 2.45) is 7.05 Å². The lowest BCUT2D eigenvalue weighted by molar-refractivity contribution is -0.118. The Morgan fingerprint density at radius 3 is 2.64 bits per heavy atom. The Morgan fingerprint density at radius 1 is 1.06 bits per heavy atom. The number of carbonyl (C=O) groups excluding carboxylic acids is 1. The van der Waals surface area contributed by atoms with Crippen LogP contribution in [0.2, 0.25) is 0 Å². The van der Waals surface area contributed by atoms with Gasteiger partial charge in [-0.1, -0.05) is 30.3 Å². The number of benzene rings is 1. The summed E-state index contributed by atoms with van der Waals surface area (Å²) in [5.74, 6) is 1.84. The molecule has 1 aromatic carbocycles. The molecule has 3 aromatic rings. The summed E-state index contributed by atoms with van der Waals surface area (Å²) in [7, 11) is 1.97. The monoisotopic (exact) mass is 444 g/mol. The molecule has 0 spiro atoms. The molecule has 2 aromatic heterocycles. The maximum absolute atomic E-state index is 12.9. The van der Waals surface area contributed by atoms with Crippen LogP contribution in [0.5, 0.6) is 0 Å². The van der Waals surface area contributed by atoms with Crippen LogP contribution in [0.25, 0.3) is 0 Å². The lowest BCUT2D eigenvalue weighted by Crippen LogP contribution is -2.38. The molecule has 0 bridgehead atoms. The summed E-state index contributed by atoms with van der Waals surface area (Å²) in [5.41, 5.74) is 5.69. The van der Waals surface area contributed by atoms with Gasteiger partial charge in [-0.25, -0.2) is 9.97 Å². The first-order valence-corrected chi connectivity index (χ1v) is 11.9. The van der Waals surface area contributed by atoms with E-state index in [9.17, 15) is 4.79 Å². The normalized spacial score (nSPS) is 18.7. The van der Waals surface area contributed by atoms with Crippen molar-refractivity contribution in [3.8, 4) is 0 Å². The second-order valence-electron chi connectivity index (χ2n) is 9.29. The SMILES string of the molecule is Cc1nn(C)cc1CN1CCCC1c1nc(C)c2c(n1)N(CCc1ccccc1)C(=O)CC2. The number of rotatable bonds is 6. The van der Waals surface area contributed by atoms with E-state index in [-0.39, 0.29) is 11.9 Å². The molecule has 2 aliphatic heterocycles. The van der Waals surface area contributed by atoms with Gasteiger partial charge in [0.05, 0.1) is 11.7 Å². The van der Waals surface area contributed by atoms with E-state index in [1.165, 1.54) is 11.1 Å². The summed E-state index contributed by atoms with van der Waals surface area (Å²) in [6.45, 7) is 6.65. The summed E-state index contributed by atoms with van der Waals surface area (Å²) in [6.07, 6.45) is 6.34. The van der Waals surface area contributed by atoms with Gasteiger partial charge >= 0.3 is 0 Å². The Kier molecular flexibility index (Phi) is 5.98. The molecule has 0 aliphatic carbocycles. The van der Waals surface area contributed by atoms with Gasteiger partial charge in [0.2, 0.25) is 5.91 Å². The first kappa shape index (κ1) is 21.8. The van der Waals surface area contributed by atoms with Crippen LogP contribution in [0.15, 0.2) is 36.5 Å². The van der Waals surface area contributed by atoms with Gasteiger partial charge in [0.15, 0.2) is 0 Å². The number of hydrogen-bond donors (Lipinski definition) is 0. The highest BCUT2D eigenvalue weighted by atomic mass is 16.2. The predicted molar refractivity (Wildman–Crippen MR) is 128 cm³/mol. The molecular formula is C26H32N6O. The first-order chi connectivity index (χ1) is 16.0. The zero-order valence-electron chi connectivity index (χ0n) is 19.8. The Hall–Kier alpha value is -3.06. The van der Waals surface area contributed by atoms with E-state index >= 15 is 0 Å². The zero-order chi connectivity index (χ0) is 22.9. The van der Waals surface area contributed by atoms with Crippen molar-refractivity contribution in [2.45, 2.75) is 58.5 Å². The average Bonchev–Trinajstić information content (AvgIpc) is 3.39. The van der Waals surface area contributed by atoms with Gasteiger partial charge in [0.1, 0.15) is 11.6 Å². The topological polar surface area (TPSA) is 67.2 Å². The molecule has 2 aliphatic rings. The highest BCUT2D eigenvalue weighted by Gasteiger charge is 2.33. The molecule has 0 saturated carbocycles. The van der Waals surface area contributed by atoms with Crippen LogP contribution in [-0.4, -0.2) is 43.6 Å². The summed E-state index contributed by atoms with van der Waals surface area (Å²) in [5, 5.41) is 4.50. The molecule has 1 atom stereocenters. The van der Waals surface area contributed by atoms with Crippen molar-refractivity contribution in [1.29, 1.82) is 0 Å². The van der Waals surface area contributed by atoms with Gasteiger partial charge in [0.25, 0.3) is 0 Å². The molecule has 1 saturated heterocycles. The smallest absolute Gasteiger partial charge is 0.228 e. The number of amides is 1. The maximum Gasteiger partial charge on any atom is 0.228 e. The minimum atomic E-state index is 0.164. The quantitative estimate of drug-likeness (QED) is 0.580. The van der Waals surface area contributed by atoms with Gasteiger partial charge in [-0.2, -0.15) is 5.10 Å². The van der Waals surface area contributed by atoms with Crippen molar-refractivity contribution in [1.82, 2.24) is 24.6 Å². The van der Waals surface area contributed by atoms with Crippen molar-refractivity contribution in [3.05, 3.63) is 70.4 Å². The van der Waals surface area contributed by atoms with E-state index in [4.69, 9.17) is 9.97 Å². The number of nitrogens with zero attached hydrogens (tertiary/aromatic N) is 6. The Balaban J connectivity index is 1.42. The molecule has 0 N–H and O–H groups in total. The standard InChI is InChI=1S/C26H32N6O/c1-18-21(16-30(3)29-18)17-31-14-7-10-23(31)25-27-19(2)22-11-12-24(33)32(26(22)28-25)15-13-20-8-5-4-6-9-20/h4-6,8-9,16,23H,7,10-15,17H2,1-3H3.